The summed E-state index contributed by atoms with van der Waals surface area (Å²) in [4.78, 5) is 10.5. The van der Waals surface area contributed by atoms with Crippen LogP contribution in [0.15, 0.2) is 12.2 Å². The van der Waals surface area contributed by atoms with Crippen molar-refractivity contribution >= 4 is 17.7 Å². The zero-order valence-corrected chi connectivity index (χ0v) is 15.7. The molecule has 1 saturated carbocycles. The van der Waals surface area contributed by atoms with Crippen LogP contribution in [0.5, 0.6) is 0 Å². The molecule has 0 saturated heterocycles. The number of aliphatic hydroxyl groups is 2. The average Bonchev–Trinajstić information content (AvgIpc) is 2.89. The van der Waals surface area contributed by atoms with E-state index in [9.17, 15) is 15.0 Å². The van der Waals surface area contributed by atoms with Crippen molar-refractivity contribution in [3.05, 3.63) is 12.2 Å². The first-order valence-corrected chi connectivity index (χ1v) is 10.4. The monoisotopic (exact) mass is 358 g/mol. The molecule has 24 heavy (non-hydrogen) atoms. The fraction of sp³-hybridized carbons (Fsp3) is 0.842. The highest BCUT2D eigenvalue weighted by Crippen LogP contribution is 2.38. The Morgan fingerprint density at radius 1 is 1.25 bits per heavy atom. The van der Waals surface area contributed by atoms with Crippen LogP contribution in [0, 0.1) is 5.92 Å². The standard InChI is InChI=1S/C19H34O4S/c1-2-3-6-9-15(20)14-24-18-13-12-17(21)16(18)10-7-4-5-8-11-19(22)23/h4,7,15-18,20-21H,2-3,5-6,8-14H2,1H3,(H,22,23). The van der Waals surface area contributed by atoms with Gasteiger partial charge in [-0.25, -0.2) is 0 Å². The first kappa shape index (κ1) is 21.5. The Balaban J connectivity index is 2.26. The molecule has 5 heteroatoms. The lowest BCUT2D eigenvalue weighted by Crippen LogP contribution is -2.22. The minimum atomic E-state index is -0.747. The van der Waals surface area contributed by atoms with Gasteiger partial charge in [0.25, 0.3) is 0 Å². The number of carbonyl (C=O) groups is 1. The van der Waals surface area contributed by atoms with Crippen molar-refractivity contribution in [2.24, 2.45) is 5.92 Å². The molecule has 0 bridgehead atoms. The highest BCUT2D eigenvalue weighted by atomic mass is 32.2. The van der Waals surface area contributed by atoms with Crippen LogP contribution in [0.3, 0.4) is 0 Å². The van der Waals surface area contributed by atoms with E-state index in [1.54, 1.807) is 0 Å². The zero-order valence-electron chi connectivity index (χ0n) is 14.9. The van der Waals surface area contributed by atoms with Crippen LogP contribution in [0.1, 0.15) is 71.1 Å². The molecular weight excluding hydrogens is 324 g/mol. The van der Waals surface area contributed by atoms with Gasteiger partial charge in [-0.05, 0) is 38.5 Å². The Hall–Kier alpha value is -0.520. The molecule has 4 atom stereocenters. The van der Waals surface area contributed by atoms with Crippen molar-refractivity contribution in [1.29, 1.82) is 0 Å². The van der Waals surface area contributed by atoms with Gasteiger partial charge in [0, 0.05) is 23.3 Å². The van der Waals surface area contributed by atoms with Crippen molar-refractivity contribution in [3.8, 4) is 0 Å². The Morgan fingerprint density at radius 2 is 2.04 bits per heavy atom. The summed E-state index contributed by atoms with van der Waals surface area (Å²) in [5.74, 6) is 0.275. The van der Waals surface area contributed by atoms with Gasteiger partial charge in [0.15, 0.2) is 0 Å². The van der Waals surface area contributed by atoms with E-state index in [0.29, 0.717) is 11.7 Å². The maximum absolute atomic E-state index is 10.5. The molecule has 1 aliphatic carbocycles. The van der Waals surface area contributed by atoms with Gasteiger partial charge >= 0.3 is 5.97 Å². The molecule has 0 aliphatic heterocycles. The normalized spacial score (nSPS) is 25.4. The summed E-state index contributed by atoms with van der Waals surface area (Å²) in [7, 11) is 0. The number of allylic oxidation sites excluding steroid dienone is 2. The Bertz CT molecular complexity index is 372. The summed E-state index contributed by atoms with van der Waals surface area (Å²) >= 11 is 1.81. The average molecular weight is 359 g/mol. The number of carboxylic acids is 1. The summed E-state index contributed by atoms with van der Waals surface area (Å²) in [6.45, 7) is 2.17. The van der Waals surface area contributed by atoms with Crippen LogP contribution < -0.4 is 0 Å². The lowest BCUT2D eigenvalue weighted by atomic mass is 10.0. The maximum Gasteiger partial charge on any atom is 0.303 e. The summed E-state index contributed by atoms with van der Waals surface area (Å²) in [5, 5.41) is 29.3. The van der Waals surface area contributed by atoms with Crippen molar-refractivity contribution in [3.63, 3.8) is 0 Å². The van der Waals surface area contributed by atoms with E-state index >= 15 is 0 Å². The molecule has 4 nitrogen and oxygen atoms in total. The molecular formula is C19H34O4S. The van der Waals surface area contributed by atoms with Gasteiger partial charge in [-0.3, -0.25) is 4.79 Å². The predicted octanol–water partition coefficient (Wildman–Crippen LogP) is 4.00. The van der Waals surface area contributed by atoms with E-state index in [1.807, 2.05) is 17.8 Å². The Labute approximate surface area is 150 Å². The third kappa shape index (κ3) is 9.09. The number of aliphatic carboxylic acids is 1. The summed E-state index contributed by atoms with van der Waals surface area (Å²) < 4.78 is 0. The molecule has 0 amide bonds. The lowest BCUT2D eigenvalue weighted by Gasteiger charge is -2.21. The summed E-state index contributed by atoms with van der Waals surface area (Å²) in [6.07, 6.45) is 12.4. The van der Waals surface area contributed by atoms with Crippen LogP contribution in [0.25, 0.3) is 0 Å². The molecule has 1 rings (SSSR count). The van der Waals surface area contributed by atoms with E-state index in [-0.39, 0.29) is 24.5 Å². The molecule has 3 N–H and O–H groups in total. The van der Waals surface area contributed by atoms with Gasteiger partial charge < -0.3 is 15.3 Å². The molecule has 0 heterocycles. The van der Waals surface area contributed by atoms with E-state index in [2.05, 4.69) is 13.0 Å². The second-order valence-corrected chi connectivity index (χ2v) is 8.10. The van der Waals surface area contributed by atoms with E-state index in [4.69, 9.17) is 5.11 Å². The van der Waals surface area contributed by atoms with Crippen molar-refractivity contribution in [2.75, 3.05) is 5.75 Å². The second kappa shape index (κ2) is 12.8. The van der Waals surface area contributed by atoms with Crippen LogP contribution in [0.4, 0.5) is 0 Å². The fourth-order valence-corrected chi connectivity index (χ4v) is 4.70. The lowest BCUT2D eigenvalue weighted by molar-refractivity contribution is -0.137. The number of hydrogen-bond donors (Lipinski definition) is 3. The zero-order chi connectivity index (χ0) is 17.8. The van der Waals surface area contributed by atoms with Crippen molar-refractivity contribution in [1.82, 2.24) is 0 Å². The van der Waals surface area contributed by atoms with Crippen LogP contribution >= 0.6 is 11.8 Å². The smallest absolute Gasteiger partial charge is 0.303 e. The SMILES string of the molecule is CCCCCC(O)CSC1CCC(O)C1CC=CCCCC(=O)O. The fourth-order valence-electron chi connectivity index (χ4n) is 3.22. The third-order valence-corrected chi connectivity index (χ3v) is 6.29. The third-order valence-electron chi connectivity index (χ3n) is 4.70. The number of rotatable bonds is 13. The first-order valence-electron chi connectivity index (χ1n) is 9.39. The predicted molar refractivity (Wildman–Crippen MR) is 100 cm³/mol. The molecule has 4 unspecified atom stereocenters. The van der Waals surface area contributed by atoms with Gasteiger partial charge in [0.2, 0.25) is 0 Å². The Kier molecular flexibility index (Phi) is 11.5. The quantitative estimate of drug-likeness (QED) is 0.343. The minimum absolute atomic E-state index is 0.213. The molecule has 0 aromatic heterocycles. The van der Waals surface area contributed by atoms with Gasteiger partial charge in [-0.2, -0.15) is 11.8 Å². The number of carboxylic acid groups (broad SMARTS) is 1. The largest absolute Gasteiger partial charge is 0.481 e. The van der Waals surface area contributed by atoms with E-state index in [1.165, 1.54) is 12.8 Å². The van der Waals surface area contributed by atoms with Crippen molar-refractivity contribution in [2.45, 2.75) is 88.6 Å². The number of hydrogen-bond acceptors (Lipinski definition) is 4. The molecule has 0 radical (unpaired) electrons. The molecule has 0 aromatic carbocycles. The number of aliphatic hydroxyl groups excluding tert-OH is 2. The van der Waals surface area contributed by atoms with Gasteiger partial charge in [0.1, 0.15) is 0 Å². The molecule has 0 aromatic rings. The highest BCUT2D eigenvalue weighted by Gasteiger charge is 2.34. The second-order valence-electron chi connectivity index (χ2n) is 6.82. The van der Waals surface area contributed by atoms with Gasteiger partial charge in [-0.1, -0.05) is 38.3 Å². The minimum Gasteiger partial charge on any atom is -0.481 e. The topological polar surface area (TPSA) is 77.8 Å². The molecule has 1 fully saturated rings. The maximum atomic E-state index is 10.5. The number of thioether (sulfide) groups is 1. The van der Waals surface area contributed by atoms with Crippen molar-refractivity contribution < 1.29 is 20.1 Å². The van der Waals surface area contributed by atoms with E-state index in [0.717, 1.165) is 44.3 Å². The molecule has 0 spiro atoms. The van der Waals surface area contributed by atoms with Crippen LogP contribution in [-0.2, 0) is 4.79 Å². The highest BCUT2D eigenvalue weighted by molar-refractivity contribution is 7.99. The Morgan fingerprint density at radius 3 is 2.75 bits per heavy atom. The van der Waals surface area contributed by atoms with Gasteiger partial charge in [0.05, 0.1) is 12.2 Å². The molecule has 1 aliphatic rings. The first-order chi connectivity index (χ1) is 11.5. The number of unbranched alkanes of at least 4 members (excludes halogenated alkanes) is 3. The summed E-state index contributed by atoms with van der Waals surface area (Å²) in [6, 6.07) is 0. The van der Waals surface area contributed by atoms with E-state index < -0.39 is 5.97 Å². The van der Waals surface area contributed by atoms with Gasteiger partial charge in [-0.15, -0.1) is 0 Å². The van der Waals surface area contributed by atoms with Crippen LogP contribution in [-0.4, -0.2) is 44.5 Å². The molecule has 140 valence electrons. The summed E-state index contributed by atoms with van der Waals surface area (Å²) in [5.41, 5.74) is 0. The van der Waals surface area contributed by atoms with Crippen LogP contribution in [0.2, 0.25) is 0 Å².